The minimum Gasteiger partial charge on any atom is -0.314 e. The Morgan fingerprint density at radius 1 is 1.15 bits per heavy atom. The predicted octanol–water partition coefficient (Wildman–Crippen LogP) is 5.33. The highest BCUT2D eigenvalue weighted by Crippen LogP contribution is 2.25. The van der Waals surface area contributed by atoms with Crippen LogP contribution in [-0.4, -0.2) is 12.6 Å². The van der Waals surface area contributed by atoms with E-state index in [2.05, 4.69) is 42.0 Å². The molecule has 1 aromatic rings. The van der Waals surface area contributed by atoms with Gasteiger partial charge in [-0.25, -0.2) is 4.39 Å². The molecule has 1 nitrogen and oxygen atoms in total. The fourth-order valence-corrected chi connectivity index (χ4v) is 3.30. The van der Waals surface area contributed by atoms with Gasteiger partial charge in [0.05, 0.1) is 0 Å². The summed E-state index contributed by atoms with van der Waals surface area (Å²) in [6.07, 6.45) is 5.77. The van der Waals surface area contributed by atoms with Crippen LogP contribution in [0.4, 0.5) is 4.39 Å². The second kappa shape index (κ2) is 9.51. The van der Waals surface area contributed by atoms with Crippen molar-refractivity contribution in [2.45, 2.75) is 58.9 Å². The SMILES string of the molecule is CCCC(CCC)C(Cc1cc(F)ccc1Br)NCC. The smallest absolute Gasteiger partial charge is 0.123 e. The summed E-state index contributed by atoms with van der Waals surface area (Å²) in [6, 6.07) is 5.40. The number of likely N-dealkylation sites (N-methyl/N-ethyl adjacent to an activating group) is 1. The third-order valence-corrected chi connectivity index (χ3v) is 4.58. The molecule has 0 aliphatic carbocycles. The second-order valence-corrected chi connectivity index (χ2v) is 6.30. The first-order chi connectivity index (χ1) is 9.62. The van der Waals surface area contributed by atoms with Gasteiger partial charge in [0.1, 0.15) is 5.82 Å². The van der Waals surface area contributed by atoms with E-state index in [1.807, 2.05) is 6.07 Å². The van der Waals surface area contributed by atoms with Crippen LogP contribution in [-0.2, 0) is 6.42 Å². The number of nitrogens with one attached hydrogen (secondary N) is 1. The molecule has 20 heavy (non-hydrogen) atoms. The first-order valence-corrected chi connectivity index (χ1v) is 8.58. The molecule has 0 aliphatic heterocycles. The standard InChI is InChI=1S/C17H27BrFN/c1-4-7-13(8-5-2)17(20-6-3)12-14-11-15(19)9-10-16(14)18/h9-11,13,17,20H,4-8,12H2,1-3H3. The quantitative estimate of drug-likeness (QED) is 0.639. The average molecular weight is 344 g/mol. The third-order valence-electron chi connectivity index (χ3n) is 3.80. The van der Waals surface area contributed by atoms with Crippen molar-refractivity contribution >= 4 is 15.9 Å². The van der Waals surface area contributed by atoms with Crippen LogP contribution in [0.5, 0.6) is 0 Å². The van der Waals surface area contributed by atoms with Crippen LogP contribution in [0.2, 0.25) is 0 Å². The van der Waals surface area contributed by atoms with Gasteiger partial charge in [0.2, 0.25) is 0 Å². The number of hydrogen-bond acceptors (Lipinski definition) is 1. The molecule has 0 aromatic heterocycles. The zero-order valence-corrected chi connectivity index (χ0v) is 14.5. The van der Waals surface area contributed by atoms with Gasteiger partial charge >= 0.3 is 0 Å². The van der Waals surface area contributed by atoms with Crippen molar-refractivity contribution in [1.82, 2.24) is 5.32 Å². The fraction of sp³-hybridized carbons (Fsp3) is 0.647. The molecule has 1 atom stereocenters. The van der Waals surface area contributed by atoms with Gasteiger partial charge < -0.3 is 5.32 Å². The molecular formula is C17H27BrFN. The molecule has 1 rings (SSSR count). The first-order valence-electron chi connectivity index (χ1n) is 7.79. The van der Waals surface area contributed by atoms with E-state index in [0.717, 1.165) is 23.0 Å². The van der Waals surface area contributed by atoms with Crippen molar-refractivity contribution in [1.29, 1.82) is 0 Å². The molecule has 0 amide bonds. The van der Waals surface area contributed by atoms with Crippen LogP contribution in [0, 0.1) is 11.7 Å². The molecule has 3 heteroatoms. The van der Waals surface area contributed by atoms with Crippen LogP contribution in [0.25, 0.3) is 0 Å². The molecule has 0 aliphatic rings. The van der Waals surface area contributed by atoms with Gasteiger partial charge in [-0.05, 0) is 55.5 Å². The Kier molecular flexibility index (Phi) is 8.39. The van der Waals surface area contributed by atoms with E-state index < -0.39 is 0 Å². The highest BCUT2D eigenvalue weighted by molar-refractivity contribution is 9.10. The molecule has 0 heterocycles. The van der Waals surface area contributed by atoms with Gasteiger partial charge in [-0.15, -0.1) is 0 Å². The minimum absolute atomic E-state index is 0.152. The Hall–Kier alpha value is -0.410. The predicted molar refractivity (Wildman–Crippen MR) is 88.6 cm³/mol. The van der Waals surface area contributed by atoms with E-state index in [0.29, 0.717) is 12.0 Å². The number of rotatable bonds is 9. The lowest BCUT2D eigenvalue weighted by Gasteiger charge is -2.28. The highest BCUT2D eigenvalue weighted by atomic mass is 79.9. The van der Waals surface area contributed by atoms with E-state index in [9.17, 15) is 4.39 Å². The summed E-state index contributed by atoms with van der Waals surface area (Å²) in [5.41, 5.74) is 1.06. The molecule has 0 bridgehead atoms. The molecule has 0 spiro atoms. The van der Waals surface area contributed by atoms with Crippen molar-refractivity contribution in [3.63, 3.8) is 0 Å². The van der Waals surface area contributed by atoms with Crippen LogP contribution in [0.1, 0.15) is 52.0 Å². The topological polar surface area (TPSA) is 12.0 Å². The van der Waals surface area contributed by atoms with Crippen molar-refractivity contribution in [2.24, 2.45) is 5.92 Å². The van der Waals surface area contributed by atoms with Crippen molar-refractivity contribution in [3.05, 3.63) is 34.1 Å². The van der Waals surface area contributed by atoms with E-state index in [-0.39, 0.29) is 5.82 Å². The van der Waals surface area contributed by atoms with Crippen molar-refractivity contribution in [3.8, 4) is 0 Å². The zero-order chi connectivity index (χ0) is 15.0. The van der Waals surface area contributed by atoms with Gasteiger partial charge in [-0.3, -0.25) is 0 Å². The summed E-state index contributed by atoms with van der Waals surface area (Å²) < 4.78 is 14.4. The van der Waals surface area contributed by atoms with E-state index in [1.165, 1.54) is 31.7 Å². The Morgan fingerprint density at radius 2 is 1.80 bits per heavy atom. The summed E-state index contributed by atoms with van der Waals surface area (Å²) in [4.78, 5) is 0. The van der Waals surface area contributed by atoms with Gasteiger partial charge in [-0.2, -0.15) is 0 Å². The summed E-state index contributed by atoms with van der Waals surface area (Å²) >= 11 is 3.54. The second-order valence-electron chi connectivity index (χ2n) is 5.44. The Labute approximate surface area is 131 Å². The van der Waals surface area contributed by atoms with Gasteiger partial charge in [-0.1, -0.05) is 49.5 Å². The lowest BCUT2D eigenvalue weighted by Crippen LogP contribution is -2.38. The van der Waals surface area contributed by atoms with Crippen LogP contribution in [0.3, 0.4) is 0 Å². The normalized spacial score (nSPS) is 12.9. The summed E-state index contributed by atoms with van der Waals surface area (Å²) in [5, 5.41) is 3.60. The summed E-state index contributed by atoms with van der Waals surface area (Å²) in [5.74, 6) is 0.515. The maximum absolute atomic E-state index is 13.4. The van der Waals surface area contributed by atoms with Gasteiger partial charge in [0, 0.05) is 10.5 Å². The molecule has 1 unspecified atom stereocenters. The van der Waals surface area contributed by atoms with E-state index >= 15 is 0 Å². The van der Waals surface area contributed by atoms with Gasteiger partial charge in [0.15, 0.2) is 0 Å². The Bertz CT molecular complexity index is 389. The molecule has 0 saturated heterocycles. The maximum Gasteiger partial charge on any atom is 0.123 e. The minimum atomic E-state index is -0.152. The molecule has 114 valence electrons. The summed E-state index contributed by atoms with van der Waals surface area (Å²) in [7, 11) is 0. The van der Waals surface area contributed by atoms with Crippen LogP contribution >= 0.6 is 15.9 Å². The third kappa shape index (κ3) is 5.53. The lowest BCUT2D eigenvalue weighted by molar-refractivity contribution is 0.312. The number of benzene rings is 1. The summed E-state index contributed by atoms with van der Waals surface area (Å²) in [6.45, 7) is 7.58. The van der Waals surface area contributed by atoms with Crippen LogP contribution < -0.4 is 5.32 Å². The maximum atomic E-state index is 13.4. The molecule has 0 saturated carbocycles. The molecule has 1 aromatic carbocycles. The zero-order valence-electron chi connectivity index (χ0n) is 12.9. The first kappa shape index (κ1) is 17.6. The molecule has 0 fully saturated rings. The fourth-order valence-electron chi connectivity index (χ4n) is 2.89. The Morgan fingerprint density at radius 3 is 2.35 bits per heavy atom. The lowest BCUT2D eigenvalue weighted by atomic mass is 9.86. The van der Waals surface area contributed by atoms with Crippen molar-refractivity contribution in [2.75, 3.05) is 6.54 Å². The van der Waals surface area contributed by atoms with E-state index in [1.54, 1.807) is 6.07 Å². The largest absolute Gasteiger partial charge is 0.314 e. The monoisotopic (exact) mass is 343 g/mol. The van der Waals surface area contributed by atoms with E-state index in [4.69, 9.17) is 0 Å². The Balaban J connectivity index is 2.86. The number of hydrogen-bond donors (Lipinski definition) is 1. The molecular weight excluding hydrogens is 317 g/mol. The highest BCUT2D eigenvalue weighted by Gasteiger charge is 2.20. The average Bonchev–Trinajstić information content (AvgIpc) is 2.42. The van der Waals surface area contributed by atoms with Gasteiger partial charge in [0.25, 0.3) is 0 Å². The van der Waals surface area contributed by atoms with Crippen LogP contribution in [0.15, 0.2) is 22.7 Å². The number of halogens is 2. The molecule has 0 radical (unpaired) electrons. The van der Waals surface area contributed by atoms with Crippen molar-refractivity contribution < 1.29 is 4.39 Å². The molecule has 1 N–H and O–H groups in total.